The summed E-state index contributed by atoms with van der Waals surface area (Å²) in [7, 11) is 1.97. The van der Waals surface area contributed by atoms with Crippen LogP contribution in [0.4, 0.5) is 0 Å². The van der Waals surface area contributed by atoms with E-state index in [2.05, 4.69) is 45.8 Å². The molecule has 0 bridgehead atoms. The van der Waals surface area contributed by atoms with Crippen LogP contribution in [0.5, 0.6) is 0 Å². The standard InChI is InChI=1S/C20H31N3OS/c1-19(2,3)17-12-16(23(6)22-17)15-13-24-18(21-15)20(4,5)25-14-10-8-7-9-11-14/h12-14H,7-11H2,1-6H3. The zero-order chi connectivity index (χ0) is 18.2. The van der Waals surface area contributed by atoms with Gasteiger partial charge in [-0.15, -0.1) is 11.8 Å². The SMILES string of the molecule is Cn1nc(C(C)(C)C)cc1-c1coc(C(C)(C)SC2CCCCC2)n1. The van der Waals surface area contributed by atoms with Gasteiger partial charge in [-0.1, -0.05) is 40.0 Å². The lowest BCUT2D eigenvalue weighted by Gasteiger charge is -2.29. The molecule has 1 saturated carbocycles. The summed E-state index contributed by atoms with van der Waals surface area (Å²) in [6, 6.07) is 2.13. The first-order chi connectivity index (χ1) is 11.7. The van der Waals surface area contributed by atoms with Gasteiger partial charge < -0.3 is 4.42 Å². The molecule has 1 aliphatic rings. The van der Waals surface area contributed by atoms with Crippen LogP contribution in [-0.2, 0) is 17.2 Å². The van der Waals surface area contributed by atoms with E-state index in [1.54, 1.807) is 6.26 Å². The molecule has 4 nitrogen and oxygen atoms in total. The third kappa shape index (κ3) is 4.13. The van der Waals surface area contributed by atoms with Crippen LogP contribution in [0.2, 0.25) is 0 Å². The van der Waals surface area contributed by atoms with Crippen LogP contribution >= 0.6 is 11.8 Å². The number of aryl methyl sites for hydroxylation is 1. The van der Waals surface area contributed by atoms with Gasteiger partial charge in [0.15, 0.2) is 0 Å². The van der Waals surface area contributed by atoms with Crippen LogP contribution in [-0.4, -0.2) is 20.0 Å². The van der Waals surface area contributed by atoms with E-state index in [-0.39, 0.29) is 10.2 Å². The second kappa shape index (κ2) is 6.82. The Bertz CT molecular complexity index is 718. The van der Waals surface area contributed by atoms with Gasteiger partial charge >= 0.3 is 0 Å². The third-order valence-electron chi connectivity index (χ3n) is 4.94. The van der Waals surface area contributed by atoms with Gasteiger partial charge in [0.1, 0.15) is 12.0 Å². The predicted octanol–water partition coefficient (Wildman–Crippen LogP) is 5.67. The Morgan fingerprint density at radius 3 is 2.40 bits per heavy atom. The van der Waals surface area contributed by atoms with Gasteiger partial charge in [-0.2, -0.15) is 5.10 Å². The fraction of sp³-hybridized carbons (Fsp3) is 0.700. The first kappa shape index (κ1) is 18.6. The molecule has 5 heteroatoms. The van der Waals surface area contributed by atoms with Gasteiger partial charge in [0.25, 0.3) is 0 Å². The number of rotatable bonds is 4. The largest absolute Gasteiger partial charge is 0.447 e. The molecule has 0 atom stereocenters. The van der Waals surface area contributed by atoms with Crippen molar-refractivity contribution in [2.75, 3.05) is 0 Å². The molecule has 1 fully saturated rings. The van der Waals surface area contributed by atoms with E-state index in [0.717, 1.165) is 28.2 Å². The van der Waals surface area contributed by atoms with E-state index in [1.807, 2.05) is 23.5 Å². The van der Waals surface area contributed by atoms with Crippen LogP contribution in [0, 0.1) is 0 Å². The molecule has 138 valence electrons. The van der Waals surface area contributed by atoms with Crippen LogP contribution < -0.4 is 0 Å². The Kier molecular flexibility index (Phi) is 5.06. The molecular formula is C20H31N3OS. The maximum absolute atomic E-state index is 5.90. The molecular weight excluding hydrogens is 330 g/mol. The molecule has 0 amide bonds. The number of oxazole rings is 1. The zero-order valence-corrected chi connectivity index (χ0v) is 17.2. The molecule has 2 heterocycles. The predicted molar refractivity (Wildman–Crippen MR) is 105 cm³/mol. The molecule has 2 aromatic heterocycles. The van der Waals surface area contributed by atoms with Crippen molar-refractivity contribution in [3.05, 3.63) is 23.9 Å². The highest BCUT2D eigenvalue weighted by Crippen LogP contribution is 2.43. The van der Waals surface area contributed by atoms with Gasteiger partial charge in [-0.05, 0) is 32.8 Å². The van der Waals surface area contributed by atoms with Gasteiger partial charge in [0, 0.05) is 17.7 Å². The van der Waals surface area contributed by atoms with Gasteiger partial charge in [-0.3, -0.25) is 4.68 Å². The van der Waals surface area contributed by atoms with E-state index in [4.69, 9.17) is 9.40 Å². The number of thioether (sulfide) groups is 1. The summed E-state index contributed by atoms with van der Waals surface area (Å²) in [6.45, 7) is 11.0. The van der Waals surface area contributed by atoms with E-state index in [9.17, 15) is 0 Å². The molecule has 0 spiro atoms. The monoisotopic (exact) mass is 361 g/mol. The van der Waals surface area contributed by atoms with E-state index in [0.29, 0.717) is 0 Å². The van der Waals surface area contributed by atoms with Gasteiger partial charge in [0.05, 0.1) is 16.1 Å². The fourth-order valence-corrected chi connectivity index (χ4v) is 4.99. The zero-order valence-electron chi connectivity index (χ0n) is 16.4. The minimum atomic E-state index is -0.105. The van der Waals surface area contributed by atoms with Crippen molar-refractivity contribution in [3.63, 3.8) is 0 Å². The van der Waals surface area contributed by atoms with E-state index < -0.39 is 0 Å². The number of aromatic nitrogens is 3. The summed E-state index contributed by atoms with van der Waals surface area (Å²) in [6.07, 6.45) is 8.51. The molecule has 0 aliphatic heterocycles. The minimum Gasteiger partial charge on any atom is -0.447 e. The summed E-state index contributed by atoms with van der Waals surface area (Å²) in [4.78, 5) is 4.83. The summed E-state index contributed by atoms with van der Waals surface area (Å²) >= 11 is 2.02. The summed E-state index contributed by atoms with van der Waals surface area (Å²) in [5.74, 6) is 0.816. The lowest BCUT2D eigenvalue weighted by atomic mass is 9.92. The fourth-order valence-electron chi connectivity index (χ4n) is 3.39. The first-order valence-corrected chi connectivity index (χ1v) is 10.2. The van der Waals surface area contributed by atoms with Crippen LogP contribution in [0.25, 0.3) is 11.4 Å². The smallest absolute Gasteiger partial charge is 0.210 e. The van der Waals surface area contributed by atoms with Crippen molar-refractivity contribution in [3.8, 4) is 11.4 Å². The molecule has 0 saturated heterocycles. The maximum Gasteiger partial charge on any atom is 0.210 e. The Morgan fingerprint density at radius 1 is 1.12 bits per heavy atom. The second-order valence-corrected chi connectivity index (χ2v) is 10.6. The molecule has 0 aromatic carbocycles. The number of nitrogens with zero attached hydrogens (tertiary/aromatic N) is 3. The molecule has 25 heavy (non-hydrogen) atoms. The van der Waals surface area contributed by atoms with Crippen molar-refractivity contribution in [1.29, 1.82) is 0 Å². The Labute approximate surface area is 155 Å². The quantitative estimate of drug-likeness (QED) is 0.703. The third-order valence-corrected chi connectivity index (χ3v) is 6.51. The van der Waals surface area contributed by atoms with Crippen molar-refractivity contribution in [1.82, 2.24) is 14.8 Å². The average Bonchev–Trinajstić information content (AvgIpc) is 3.14. The second-order valence-electron chi connectivity index (χ2n) is 8.71. The van der Waals surface area contributed by atoms with Gasteiger partial charge in [-0.25, -0.2) is 4.98 Å². The number of hydrogen-bond acceptors (Lipinski definition) is 4. The Hall–Kier alpha value is -1.23. The normalized spacial score (nSPS) is 17.2. The highest BCUT2D eigenvalue weighted by molar-refractivity contribution is 8.00. The molecule has 0 radical (unpaired) electrons. The van der Waals surface area contributed by atoms with E-state index in [1.165, 1.54) is 32.1 Å². The average molecular weight is 362 g/mol. The lowest BCUT2D eigenvalue weighted by Crippen LogP contribution is -2.20. The molecule has 1 aliphatic carbocycles. The Morgan fingerprint density at radius 2 is 1.80 bits per heavy atom. The van der Waals surface area contributed by atoms with Crippen molar-refractivity contribution >= 4 is 11.8 Å². The summed E-state index contributed by atoms with van der Waals surface area (Å²) in [5, 5.41) is 5.38. The lowest BCUT2D eigenvalue weighted by molar-refractivity contribution is 0.446. The summed E-state index contributed by atoms with van der Waals surface area (Å²) < 4.78 is 7.70. The molecule has 3 rings (SSSR count). The highest BCUT2D eigenvalue weighted by atomic mass is 32.2. The molecule has 0 N–H and O–H groups in total. The first-order valence-electron chi connectivity index (χ1n) is 9.35. The van der Waals surface area contributed by atoms with Crippen molar-refractivity contribution in [2.24, 2.45) is 7.05 Å². The van der Waals surface area contributed by atoms with Crippen LogP contribution in [0.15, 0.2) is 16.7 Å². The highest BCUT2D eigenvalue weighted by Gasteiger charge is 2.32. The van der Waals surface area contributed by atoms with E-state index >= 15 is 0 Å². The van der Waals surface area contributed by atoms with Crippen LogP contribution in [0.1, 0.15) is 78.3 Å². The molecule has 2 aromatic rings. The number of hydrogen-bond donors (Lipinski definition) is 0. The topological polar surface area (TPSA) is 43.9 Å². The van der Waals surface area contributed by atoms with Crippen molar-refractivity contribution in [2.45, 2.75) is 82.1 Å². The maximum atomic E-state index is 5.90. The van der Waals surface area contributed by atoms with Gasteiger partial charge in [0.2, 0.25) is 5.89 Å². The minimum absolute atomic E-state index is 0.0265. The van der Waals surface area contributed by atoms with Crippen molar-refractivity contribution < 1.29 is 4.42 Å². The molecule has 0 unspecified atom stereocenters. The van der Waals surface area contributed by atoms with Crippen LogP contribution in [0.3, 0.4) is 0 Å². The Balaban J connectivity index is 1.81. The summed E-state index contributed by atoms with van der Waals surface area (Å²) in [5.41, 5.74) is 2.99.